The highest BCUT2D eigenvalue weighted by atomic mass is 28.4. The first kappa shape index (κ1) is 26.1. The van der Waals surface area contributed by atoms with Crippen molar-refractivity contribution in [2.75, 3.05) is 6.61 Å². The fraction of sp³-hybridized carbons (Fsp3) is 0.667. The molecule has 0 saturated heterocycles. The molecule has 2 nitrogen and oxygen atoms in total. The predicted molar refractivity (Wildman–Crippen MR) is 124 cm³/mol. The van der Waals surface area contributed by atoms with Gasteiger partial charge in [-0.25, -0.2) is 0 Å². The minimum atomic E-state index is -1.66. The normalized spacial score (nSPS) is 16.6. The SMILES string of the molecule is C=C/C=C(\C)CC[C@@H](/C=C\C)[C@H](O)/C=C(\C)CCCO[Si](C)(C)C(C)(C)C. The van der Waals surface area contributed by atoms with Crippen molar-refractivity contribution in [2.24, 2.45) is 5.92 Å². The summed E-state index contributed by atoms with van der Waals surface area (Å²) in [5.74, 6) is 0.154. The van der Waals surface area contributed by atoms with E-state index in [-0.39, 0.29) is 11.0 Å². The first-order valence-electron chi connectivity index (χ1n) is 10.3. The number of hydrogen-bond acceptors (Lipinski definition) is 2. The van der Waals surface area contributed by atoms with Crippen molar-refractivity contribution in [2.45, 2.75) is 91.5 Å². The number of rotatable bonds is 12. The third kappa shape index (κ3) is 10.9. The maximum absolute atomic E-state index is 10.7. The van der Waals surface area contributed by atoms with Gasteiger partial charge in [0.25, 0.3) is 0 Å². The molecule has 0 aromatic rings. The van der Waals surface area contributed by atoms with Crippen LogP contribution in [0.2, 0.25) is 18.1 Å². The monoisotopic (exact) mass is 392 g/mol. The zero-order valence-electron chi connectivity index (χ0n) is 19.1. The molecule has 0 aliphatic rings. The summed E-state index contributed by atoms with van der Waals surface area (Å²) in [6.45, 7) is 22.2. The van der Waals surface area contributed by atoms with Gasteiger partial charge in [0.1, 0.15) is 0 Å². The number of hydrogen-bond donors (Lipinski definition) is 1. The molecule has 27 heavy (non-hydrogen) atoms. The molecule has 0 bridgehead atoms. The van der Waals surface area contributed by atoms with E-state index in [9.17, 15) is 5.11 Å². The van der Waals surface area contributed by atoms with Gasteiger partial charge >= 0.3 is 0 Å². The van der Waals surface area contributed by atoms with E-state index < -0.39 is 14.4 Å². The molecular weight excluding hydrogens is 348 g/mol. The summed E-state index contributed by atoms with van der Waals surface area (Å²) in [5.41, 5.74) is 2.55. The first-order valence-corrected chi connectivity index (χ1v) is 13.3. The van der Waals surface area contributed by atoms with Crippen molar-refractivity contribution in [3.05, 3.63) is 48.1 Å². The van der Waals surface area contributed by atoms with Crippen molar-refractivity contribution in [1.82, 2.24) is 0 Å². The minimum absolute atomic E-state index is 0.154. The third-order valence-corrected chi connectivity index (χ3v) is 10.1. The average molecular weight is 393 g/mol. The van der Waals surface area contributed by atoms with Crippen LogP contribution in [0.4, 0.5) is 0 Å². The molecule has 156 valence electrons. The largest absolute Gasteiger partial charge is 0.417 e. The molecule has 0 unspecified atom stereocenters. The van der Waals surface area contributed by atoms with Crippen molar-refractivity contribution >= 4 is 8.32 Å². The van der Waals surface area contributed by atoms with Gasteiger partial charge in [0.05, 0.1) is 6.10 Å². The molecule has 0 rings (SSSR count). The van der Waals surface area contributed by atoms with Gasteiger partial charge in [0, 0.05) is 12.5 Å². The van der Waals surface area contributed by atoms with Gasteiger partial charge in [-0.15, -0.1) is 0 Å². The second kappa shape index (κ2) is 12.5. The zero-order chi connectivity index (χ0) is 21.1. The Hall–Kier alpha value is -0.903. The topological polar surface area (TPSA) is 29.5 Å². The molecule has 0 heterocycles. The van der Waals surface area contributed by atoms with E-state index >= 15 is 0 Å². The van der Waals surface area contributed by atoms with Gasteiger partial charge < -0.3 is 9.53 Å². The molecule has 3 heteroatoms. The fourth-order valence-corrected chi connectivity index (χ4v) is 3.79. The lowest BCUT2D eigenvalue weighted by Gasteiger charge is -2.36. The molecule has 0 fully saturated rings. The maximum atomic E-state index is 10.7. The van der Waals surface area contributed by atoms with E-state index in [1.165, 1.54) is 11.1 Å². The summed E-state index contributed by atoms with van der Waals surface area (Å²) in [4.78, 5) is 0. The lowest BCUT2D eigenvalue weighted by atomic mass is 9.92. The molecule has 1 N–H and O–H groups in total. The summed E-state index contributed by atoms with van der Waals surface area (Å²) in [7, 11) is -1.66. The quantitative estimate of drug-likeness (QED) is 0.165. The second-order valence-electron chi connectivity index (χ2n) is 9.19. The van der Waals surface area contributed by atoms with Crippen LogP contribution >= 0.6 is 0 Å². The Bertz CT molecular complexity index is 521. The molecule has 0 aliphatic heterocycles. The minimum Gasteiger partial charge on any atom is -0.417 e. The van der Waals surface area contributed by atoms with Crippen LogP contribution < -0.4 is 0 Å². The Morgan fingerprint density at radius 3 is 2.30 bits per heavy atom. The predicted octanol–water partition coefficient (Wildman–Crippen LogP) is 7.20. The van der Waals surface area contributed by atoms with E-state index in [4.69, 9.17) is 4.43 Å². The molecule has 0 aliphatic carbocycles. The third-order valence-electron chi connectivity index (χ3n) is 5.59. The van der Waals surface area contributed by atoms with Crippen molar-refractivity contribution in [1.29, 1.82) is 0 Å². The molecule has 0 aromatic heterocycles. The lowest BCUT2D eigenvalue weighted by molar-refractivity contribution is 0.170. The Labute approximate surface area is 170 Å². The molecular formula is C24H44O2Si. The van der Waals surface area contributed by atoms with Crippen LogP contribution in [0.25, 0.3) is 0 Å². The van der Waals surface area contributed by atoms with Crippen LogP contribution in [0, 0.1) is 5.92 Å². The van der Waals surface area contributed by atoms with E-state index in [1.807, 2.05) is 31.2 Å². The van der Waals surface area contributed by atoms with Gasteiger partial charge in [0.2, 0.25) is 0 Å². The molecule has 0 radical (unpaired) electrons. The highest BCUT2D eigenvalue weighted by Crippen LogP contribution is 2.36. The van der Waals surface area contributed by atoms with Gasteiger partial charge in [-0.1, -0.05) is 68.9 Å². The Balaban J connectivity index is 4.58. The van der Waals surface area contributed by atoms with Gasteiger partial charge in [0.15, 0.2) is 8.32 Å². The van der Waals surface area contributed by atoms with Gasteiger partial charge in [-0.3, -0.25) is 0 Å². The van der Waals surface area contributed by atoms with Crippen LogP contribution in [0.1, 0.15) is 67.2 Å². The molecule has 0 aromatic carbocycles. The standard InChI is InChI=1S/C24H44O2Si/c1-10-13-20(3)16-17-22(14-11-2)23(25)19-21(4)15-12-18-26-27(8,9)24(5,6)7/h10-11,13-14,19,22-23,25H,1,12,15-18H2,2-9H3/b14-11-,20-13+,21-19+/t22-,23-/m1/s1. The highest BCUT2D eigenvalue weighted by Gasteiger charge is 2.36. The van der Waals surface area contributed by atoms with Crippen LogP contribution in [0.5, 0.6) is 0 Å². The zero-order valence-corrected chi connectivity index (χ0v) is 20.1. The van der Waals surface area contributed by atoms with Gasteiger partial charge in [-0.2, -0.15) is 0 Å². The van der Waals surface area contributed by atoms with E-state index in [0.29, 0.717) is 0 Å². The van der Waals surface area contributed by atoms with E-state index in [1.54, 1.807) is 0 Å². The molecule has 2 atom stereocenters. The lowest BCUT2D eigenvalue weighted by Crippen LogP contribution is -2.40. The summed E-state index contributed by atoms with van der Waals surface area (Å²) in [6.07, 6.45) is 13.5. The van der Waals surface area contributed by atoms with E-state index in [2.05, 4.69) is 60.4 Å². The second-order valence-corrected chi connectivity index (χ2v) is 14.0. The van der Waals surface area contributed by atoms with Crippen LogP contribution in [-0.2, 0) is 4.43 Å². The summed E-state index contributed by atoms with van der Waals surface area (Å²) in [5, 5.41) is 10.9. The van der Waals surface area contributed by atoms with Crippen LogP contribution in [0.15, 0.2) is 48.1 Å². The summed E-state index contributed by atoms with van der Waals surface area (Å²) >= 11 is 0. The Morgan fingerprint density at radius 1 is 1.15 bits per heavy atom. The Morgan fingerprint density at radius 2 is 1.78 bits per heavy atom. The maximum Gasteiger partial charge on any atom is 0.191 e. The van der Waals surface area contributed by atoms with Crippen molar-refractivity contribution < 1.29 is 9.53 Å². The average Bonchev–Trinajstić information content (AvgIpc) is 2.54. The molecule has 0 amide bonds. The highest BCUT2D eigenvalue weighted by molar-refractivity contribution is 6.74. The first-order chi connectivity index (χ1) is 12.4. The van der Waals surface area contributed by atoms with Crippen molar-refractivity contribution in [3.63, 3.8) is 0 Å². The van der Waals surface area contributed by atoms with Crippen molar-refractivity contribution in [3.8, 4) is 0 Å². The van der Waals surface area contributed by atoms with E-state index in [0.717, 1.165) is 32.3 Å². The summed E-state index contributed by atoms with van der Waals surface area (Å²) < 4.78 is 6.25. The van der Waals surface area contributed by atoms with Gasteiger partial charge in [-0.05, 0) is 64.6 Å². The number of aliphatic hydroxyl groups is 1. The smallest absolute Gasteiger partial charge is 0.191 e. The van der Waals surface area contributed by atoms with Crippen LogP contribution in [-0.4, -0.2) is 26.1 Å². The molecule has 0 saturated carbocycles. The Kier molecular flexibility index (Phi) is 12.1. The summed E-state index contributed by atoms with van der Waals surface area (Å²) in [6, 6.07) is 0. The number of aliphatic hydroxyl groups excluding tert-OH is 1. The fourth-order valence-electron chi connectivity index (χ4n) is 2.70. The van der Waals surface area contributed by atoms with Crippen LogP contribution in [0.3, 0.4) is 0 Å². The molecule has 0 spiro atoms. The number of allylic oxidation sites excluding steroid dienone is 5.